The van der Waals surface area contributed by atoms with Crippen LogP contribution in [0.3, 0.4) is 0 Å². The molecule has 1 aliphatic rings. The molecule has 2 heterocycles. The van der Waals surface area contributed by atoms with Gasteiger partial charge in [-0.2, -0.15) is 4.39 Å². The molecule has 4 N–H and O–H groups in total. The lowest BCUT2D eigenvalue weighted by Crippen LogP contribution is -2.37. The van der Waals surface area contributed by atoms with Crippen molar-refractivity contribution in [2.24, 2.45) is 0 Å². The second-order valence-electron chi connectivity index (χ2n) is 7.44. The molecule has 2 aromatic rings. The Morgan fingerprint density at radius 2 is 1.91 bits per heavy atom. The van der Waals surface area contributed by atoms with Crippen LogP contribution in [0, 0.1) is 17.6 Å². The van der Waals surface area contributed by atoms with Crippen molar-refractivity contribution in [3.8, 4) is 0 Å². The Morgan fingerprint density at radius 3 is 2.48 bits per heavy atom. The van der Waals surface area contributed by atoms with E-state index in [0.717, 1.165) is 12.1 Å². The first-order valence-electron chi connectivity index (χ1n) is 9.47. The number of rotatable bonds is 6. The maximum absolute atomic E-state index is 14.7. The monoisotopic (exact) mass is 512 g/mol. The highest BCUT2D eigenvalue weighted by molar-refractivity contribution is 7.86. The van der Waals surface area contributed by atoms with Gasteiger partial charge < -0.3 is 25.1 Å². The molecule has 2 unspecified atom stereocenters. The number of benzene rings is 1. The number of halogens is 4. The zero-order chi connectivity index (χ0) is 24.9. The first kappa shape index (κ1) is 27.2. The summed E-state index contributed by atoms with van der Waals surface area (Å²) >= 11 is 5.99. The molecule has 0 bridgehead atoms. The Balaban J connectivity index is 0.000000890. The number of nitrogens with zero attached hydrogens (tertiary/aromatic N) is 3. The smallest absolute Gasteiger partial charge is 0.367 e. The highest BCUT2D eigenvalue weighted by Gasteiger charge is 2.33. The van der Waals surface area contributed by atoms with Crippen molar-refractivity contribution in [3.05, 3.63) is 46.9 Å². The quantitative estimate of drug-likeness (QED) is 0.262. The Kier molecular flexibility index (Phi) is 9.43. The maximum atomic E-state index is 14.7. The van der Waals surface area contributed by atoms with Gasteiger partial charge in [0.25, 0.3) is 0 Å². The lowest BCUT2D eigenvalue weighted by atomic mass is 10.2. The summed E-state index contributed by atoms with van der Waals surface area (Å²) in [7, 11) is 3.54. The summed E-state index contributed by atoms with van der Waals surface area (Å²) in [5.41, 5.74) is -0.0724. The van der Waals surface area contributed by atoms with E-state index in [1.807, 2.05) is 26.0 Å². The van der Waals surface area contributed by atoms with E-state index in [4.69, 9.17) is 26.9 Å². The van der Waals surface area contributed by atoms with E-state index >= 15 is 0 Å². The van der Waals surface area contributed by atoms with E-state index in [1.165, 1.54) is 17.0 Å². The Morgan fingerprint density at radius 1 is 1.27 bits per heavy atom. The fourth-order valence-electron chi connectivity index (χ4n) is 2.84. The van der Waals surface area contributed by atoms with Crippen LogP contribution in [0.1, 0.15) is 6.42 Å². The molecule has 0 aliphatic carbocycles. The summed E-state index contributed by atoms with van der Waals surface area (Å²) in [5.74, 6) is -3.52. The molecule has 33 heavy (non-hydrogen) atoms. The molecule has 2 atom stereocenters. The number of hydrogen-bond donors (Lipinski definition) is 4. The van der Waals surface area contributed by atoms with Gasteiger partial charge in [-0.3, -0.25) is 9.46 Å². The average Bonchev–Trinajstić information content (AvgIpc) is 3.10. The van der Waals surface area contributed by atoms with E-state index in [0.29, 0.717) is 0 Å². The number of hydrogen-bond acceptors (Lipinski definition) is 8. The maximum Gasteiger partial charge on any atom is 0.405 e. The highest BCUT2D eigenvalue weighted by Crippen LogP contribution is 2.36. The van der Waals surface area contributed by atoms with E-state index in [2.05, 4.69) is 14.4 Å². The van der Waals surface area contributed by atoms with Gasteiger partial charge >= 0.3 is 6.16 Å². The molecule has 9 nitrogen and oxygen atoms in total. The van der Waals surface area contributed by atoms with Crippen molar-refractivity contribution >= 4 is 34.1 Å². The Labute approximate surface area is 196 Å². The van der Waals surface area contributed by atoms with Crippen molar-refractivity contribution in [1.29, 1.82) is 0 Å². The summed E-state index contributed by atoms with van der Waals surface area (Å²) in [6.07, 6.45) is -3.96. The Hall–Kier alpha value is -2.00. The van der Waals surface area contributed by atoms with Gasteiger partial charge in [-0.15, -0.1) is 0 Å². The predicted molar refractivity (Wildman–Crippen MR) is 116 cm³/mol. The number of aromatic nitrogens is 1. The van der Waals surface area contributed by atoms with E-state index < -0.39 is 50.7 Å². The van der Waals surface area contributed by atoms with E-state index in [1.54, 1.807) is 0 Å². The van der Waals surface area contributed by atoms with Crippen molar-refractivity contribution in [2.75, 3.05) is 43.9 Å². The third-order valence-electron chi connectivity index (χ3n) is 4.01. The van der Waals surface area contributed by atoms with Gasteiger partial charge in [-0.1, -0.05) is 17.7 Å². The van der Waals surface area contributed by atoms with Gasteiger partial charge in [0.1, 0.15) is 21.6 Å². The minimum atomic E-state index is -3.33. The topological polar surface area (TPSA) is 118 Å². The first-order chi connectivity index (χ1) is 15.3. The molecule has 1 aromatic heterocycles. The molecule has 0 saturated carbocycles. The molecule has 0 amide bonds. The van der Waals surface area contributed by atoms with Crippen LogP contribution in [0.2, 0.25) is 5.02 Å². The van der Waals surface area contributed by atoms with Gasteiger partial charge in [0.05, 0.1) is 11.8 Å². The van der Waals surface area contributed by atoms with Crippen LogP contribution in [0.25, 0.3) is 0 Å². The number of aliphatic hydroxyl groups is 3. The molecule has 184 valence electrons. The first-order valence-corrected chi connectivity index (χ1v) is 11.0. The van der Waals surface area contributed by atoms with E-state index in [-0.39, 0.29) is 31.0 Å². The SMILES string of the molecule is CN(C)C.O=S(Nc1cccc(F)n1)c1c(F)cc(N2CCC(OC(O)(O)O)C2)c(Cl)c1F. The predicted octanol–water partition coefficient (Wildman–Crippen LogP) is 1.65. The van der Waals surface area contributed by atoms with Crippen LogP contribution >= 0.6 is 11.6 Å². The van der Waals surface area contributed by atoms with Gasteiger partial charge in [0.15, 0.2) is 16.8 Å². The average molecular weight is 513 g/mol. The fraction of sp³-hybridized carbons (Fsp3) is 0.421. The molecule has 1 aliphatic heterocycles. The summed E-state index contributed by atoms with van der Waals surface area (Å²) in [4.78, 5) is 5.94. The standard InChI is InChI=1S/C16H15ClF3N3O5S.C3H9N/c17-13-10(23-5-4-8(7-23)28-16(24,25)26)6-9(18)15(14(13)20)29(27)22-12-3-1-2-11(19)21-12;1-4(2)3/h1-3,6,8,24-26H,4-5,7H2,(H,21,22);1-3H3. The molecule has 1 fully saturated rings. The van der Waals surface area contributed by atoms with Crippen LogP contribution in [-0.4, -0.2) is 75.9 Å². The second-order valence-corrected chi connectivity index (χ2v) is 8.97. The molecule has 1 saturated heterocycles. The summed E-state index contributed by atoms with van der Waals surface area (Å²) in [6, 6.07) is 4.45. The van der Waals surface area contributed by atoms with Gasteiger partial charge in [-0.05, 0) is 39.7 Å². The van der Waals surface area contributed by atoms with Crippen molar-refractivity contribution in [1.82, 2.24) is 9.88 Å². The van der Waals surface area contributed by atoms with Crippen LogP contribution in [0.4, 0.5) is 24.7 Å². The Bertz CT molecular complexity index is 994. The lowest BCUT2D eigenvalue weighted by molar-refractivity contribution is -0.464. The fourth-order valence-corrected chi connectivity index (χ4v) is 4.08. The number of pyridine rings is 1. The van der Waals surface area contributed by atoms with Gasteiger partial charge in [0.2, 0.25) is 5.95 Å². The van der Waals surface area contributed by atoms with Crippen molar-refractivity contribution in [3.63, 3.8) is 0 Å². The summed E-state index contributed by atoms with van der Waals surface area (Å²) in [5, 5.41) is 26.1. The lowest BCUT2D eigenvalue weighted by Gasteiger charge is -2.23. The van der Waals surface area contributed by atoms with Crippen LogP contribution in [-0.2, 0) is 15.7 Å². The minimum absolute atomic E-state index is 0.0457. The van der Waals surface area contributed by atoms with Crippen LogP contribution in [0.15, 0.2) is 29.2 Å². The number of anilines is 2. The number of ether oxygens (including phenoxy) is 1. The van der Waals surface area contributed by atoms with Crippen LogP contribution < -0.4 is 9.62 Å². The van der Waals surface area contributed by atoms with Gasteiger partial charge in [-0.25, -0.2) is 18.0 Å². The zero-order valence-corrected chi connectivity index (χ0v) is 19.5. The zero-order valence-electron chi connectivity index (χ0n) is 17.9. The molecular formula is C19H24ClF3N4O5S. The molecule has 1 aromatic carbocycles. The van der Waals surface area contributed by atoms with Crippen molar-refractivity contribution < 1.29 is 37.4 Å². The normalized spacial score (nSPS) is 17.1. The third-order valence-corrected chi connectivity index (χ3v) is 5.50. The summed E-state index contributed by atoms with van der Waals surface area (Å²) < 4.78 is 61.5. The molecule has 0 radical (unpaired) electrons. The molecule has 0 spiro atoms. The third kappa shape index (κ3) is 8.07. The van der Waals surface area contributed by atoms with Crippen molar-refractivity contribution in [2.45, 2.75) is 23.6 Å². The molecule has 3 rings (SSSR count). The molecule has 14 heteroatoms. The summed E-state index contributed by atoms with van der Waals surface area (Å²) in [6.45, 7) is 0.142. The van der Waals surface area contributed by atoms with E-state index in [9.17, 15) is 17.4 Å². The minimum Gasteiger partial charge on any atom is -0.367 e. The van der Waals surface area contributed by atoms with Gasteiger partial charge in [0, 0.05) is 19.2 Å². The highest BCUT2D eigenvalue weighted by atomic mass is 35.5. The second kappa shape index (κ2) is 11.4. The molecular weight excluding hydrogens is 489 g/mol. The number of nitrogens with one attached hydrogen (secondary N) is 1. The largest absolute Gasteiger partial charge is 0.405 e. The van der Waals surface area contributed by atoms with Crippen LogP contribution in [0.5, 0.6) is 0 Å².